The van der Waals surface area contributed by atoms with Gasteiger partial charge in [0.2, 0.25) is 0 Å². The van der Waals surface area contributed by atoms with Crippen LogP contribution in [0, 0.1) is 0 Å². The maximum absolute atomic E-state index is 3.35. The molecule has 1 heterocycles. The Kier molecular flexibility index (Phi) is 5.09. The second kappa shape index (κ2) is 6.17. The summed E-state index contributed by atoms with van der Waals surface area (Å²) in [5.41, 5.74) is 0. The molecule has 2 nitrogen and oxygen atoms in total. The number of rotatable bonds is 4. The summed E-state index contributed by atoms with van der Waals surface area (Å²) in [6, 6.07) is 0.762. The summed E-state index contributed by atoms with van der Waals surface area (Å²) in [6.07, 6.45) is 8.23. The van der Waals surface area contributed by atoms with Gasteiger partial charge in [-0.2, -0.15) is 0 Å². The van der Waals surface area contributed by atoms with Crippen LogP contribution < -0.4 is 5.32 Å². The minimum Gasteiger partial charge on any atom is -0.317 e. The summed E-state index contributed by atoms with van der Waals surface area (Å²) in [5, 5.41) is 3.35. The zero-order chi connectivity index (χ0) is 9.52. The molecule has 1 aliphatic heterocycles. The Morgan fingerprint density at radius 1 is 1.38 bits per heavy atom. The van der Waals surface area contributed by atoms with Crippen molar-refractivity contribution in [3.63, 3.8) is 0 Å². The number of allylic oxidation sites excluding steroid dienone is 1. The summed E-state index contributed by atoms with van der Waals surface area (Å²) in [7, 11) is 2.07. The quantitative estimate of drug-likeness (QED) is 0.665. The zero-order valence-corrected chi connectivity index (χ0v) is 8.92. The lowest BCUT2D eigenvalue weighted by Crippen LogP contribution is -2.41. The van der Waals surface area contributed by atoms with Crippen molar-refractivity contribution in [2.75, 3.05) is 26.7 Å². The molecule has 0 saturated carbocycles. The van der Waals surface area contributed by atoms with Crippen molar-refractivity contribution in [3.8, 4) is 0 Å². The SMILES string of the molecule is C/C=C/CCN1CCC(NC)CC1. The van der Waals surface area contributed by atoms with Gasteiger partial charge in [-0.25, -0.2) is 0 Å². The Labute approximate surface area is 82.0 Å². The first-order valence-electron chi connectivity index (χ1n) is 5.37. The second-order valence-corrected chi connectivity index (χ2v) is 3.76. The fourth-order valence-corrected chi connectivity index (χ4v) is 1.87. The second-order valence-electron chi connectivity index (χ2n) is 3.76. The third-order valence-electron chi connectivity index (χ3n) is 2.84. The van der Waals surface area contributed by atoms with Crippen molar-refractivity contribution >= 4 is 0 Å². The van der Waals surface area contributed by atoms with Crippen LogP contribution in [0.5, 0.6) is 0 Å². The number of nitrogens with zero attached hydrogens (tertiary/aromatic N) is 1. The molecule has 1 saturated heterocycles. The van der Waals surface area contributed by atoms with Crippen molar-refractivity contribution in [3.05, 3.63) is 12.2 Å². The van der Waals surface area contributed by atoms with Crippen LogP contribution in [-0.2, 0) is 0 Å². The monoisotopic (exact) mass is 182 g/mol. The van der Waals surface area contributed by atoms with Gasteiger partial charge in [-0.05, 0) is 46.3 Å². The average Bonchev–Trinajstić information content (AvgIpc) is 2.19. The van der Waals surface area contributed by atoms with Crippen molar-refractivity contribution < 1.29 is 0 Å². The van der Waals surface area contributed by atoms with Gasteiger partial charge in [0.05, 0.1) is 0 Å². The summed E-state index contributed by atoms with van der Waals surface area (Å²) in [6.45, 7) is 5.86. The van der Waals surface area contributed by atoms with Gasteiger partial charge in [-0.1, -0.05) is 12.2 Å². The third-order valence-corrected chi connectivity index (χ3v) is 2.84. The van der Waals surface area contributed by atoms with Crippen LogP contribution >= 0.6 is 0 Å². The highest BCUT2D eigenvalue weighted by Crippen LogP contribution is 2.09. The molecule has 0 aromatic heterocycles. The van der Waals surface area contributed by atoms with E-state index in [1.807, 2.05) is 0 Å². The number of hydrogen-bond donors (Lipinski definition) is 1. The van der Waals surface area contributed by atoms with E-state index in [2.05, 4.69) is 36.3 Å². The molecule has 0 unspecified atom stereocenters. The molecule has 0 bridgehead atoms. The first-order chi connectivity index (χ1) is 6.36. The minimum atomic E-state index is 0.762. The third kappa shape index (κ3) is 3.92. The van der Waals surface area contributed by atoms with Gasteiger partial charge in [0.1, 0.15) is 0 Å². The average molecular weight is 182 g/mol. The summed E-state index contributed by atoms with van der Waals surface area (Å²) >= 11 is 0. The minimum absolute atomic E-state index is 0.762. The van der Waals surface area contributed by atoms with Crippen molar-refractivity contribution in [2.24, 2.45) is 0 Å². The van der Waals surface area contributed by atoms with E-state index in [4.69, 9.17) is 0 Å². The van der Waals surface area contributed by atoms with Crippen LogP contribution in [0.25, 0.3) is 0 Å². The molecule has 0 aliphatic carbocycles. The van der Waals surface area contributed by atoms with Crippen molar-refractivity contribution in [1.29, 1.82) is 0 Å². The van der Waals surface area contributed by atoms with E-state index >= 15 is 0 Å². The summed E-state index contributed by atoms with van der Waals surface area (Å²) in [4.78, 5) is 2.56. The maximum Gasteiger partial charge on any atom is 0.00884 e. The zero-order valence-electron chi connectivity index (χ0n) is 8.92. The molecule has 0 spiro atoms. The Bertz CT molecular complexity index is 146. The van der Waals surface area contributed by atoms with Gasteiger partial charge < -0.3 is 10.2 Å². The van der Waals surface area contributed by atoms with Gasteiger partial charge in [-0.15, -0.1) is 0 Å². The van der Waals surface area contributed by atoms with Gasteiger partial charge in [-0.3, -0.25) is 0 Å². The molecule has 0 atom stereocenters. The first-order valence-corrected chi connectivity index (χ1v) is 5.37. The van der Waals surface area contributed by atoms with Crippen LogP contribution in [0.1, 0.15) is 26.2 Å². The van der Waals surface area contributed by atoms with E-state index in [9.17, 15) is 0 Å². The maximum atomic E-state index is 3.35. The highest BCUT2D eigenvalue weighted by atomic mass is 15.1. The summed E-state index contributed by atoms with van der Waals surface area (Å²) < 4.78 is 0. The number of nitrogens with one attached hydrogen (secondary N) is 1. The molecule has 1 fully saturated rings. The van der Waals surface area contributed by atoms with Crippen molar-refractivity contribution in [2.45, 2.75) is 32.2 Å². The Morgan fingerprint density at radius 3 is 2.62 bits per heavy atom. The molecule has 76 valence electrons. The van der Waals surface area contributed by atoms with E-state index in [1.165, 1.54) is 38.9 Å². The molecular weight excluding hydrogens is 160 g/mol. The van der Waals surface area contributed by atoms with E-state index in [1.54, 1.807) is 0 Å². The van der Waals surface area contributed by atoms with Crippen LogP contribution in [0.4, 0.5) is 0 Å². The lowest BCUT2D eigenvalue weighted by atomic mass is 10.1. The number of likely N-dealkylation sites (tertiary alicyclic amines) is 1. The number of piperidine rings is 1. The molecule has 0 aromatic carbocycles. The predicted molar refractivity (Wildman–Crippen MR) is 58.0 cm³/mol. The number of hydrogen-bond acceptors (Lipinski definition) is 2. The fraction of sp³-hybridized carbons (Fsp3) is 0.818. The fourth-order valence-electron chi connectivity index (χ4n) is 1.87. The summed E-state index contributed by atoms with van der Waals surface area (Å²) in [5.74, 6) is 0. The molecule has 13 heavy (non-hydrogen) atoms. The molecular formula is C11H22N2. The first kappa shape index (κ1) is 10.7. The van der Waals surface area contributed by atoms with Gasteiger partial charge in [0.25, 0.3) is 0 Å². The van der Waals surface area contributed by atoms with E-state index in [-0.39, 0.29) is 0 Å². The van der Waals surface area contributed by atoms with Crippen LogP contribution in [0.15, 0.2) is 12.2 Å². The topological polar surface area (TPSA) is 15.3 Å². The molecule has 1 aliphatic rings. The predicted octanol–water partition coefficient (Wildman–Crippen LogP) is 1.64. The van der Waals surface area contributed by atoms with Gasteiger partial charge in [0.15, 0.2) is 0 Å². The van der Waals surface area contributed by atoms with Gasteiger partial charge in [0, 0.05) is 12.6 Å². The molecule has 0 aromatic rings. The van der Waals surface area contributed by atoms with Crippen molar-refractivity contribution in [1.82, 2.24) is 10.2 Å². The largest absolute Gasteiger partial charge is 0.317 e. The highest BCUT2D eigenvalue weighted by molar-refractivity contribution is 4.81. The van der Waals surface area contributed by atoms with E-state index in [0.717, 1.165) is 6.04 Å². The molecule has 2 heteroatoms. The Hall–Kier alpha value is -0.340. The highest BCUT2D eigenvalue weighted by Gasteiger charge is 2.16. The standard InChI is InChI=1S/C11H22N2/c1-3-4-5-8-13-9-6-11(12-2)7-10-13/h3-4,11-12H,5-10H2,1-2H3/b4-3+. The van der Waals surface area contributed by atoms with E-state index < -0.39 is 0 Å². The van der Waals surface area contributed by atoms with Crippen LogP contribution in [0.2, 0.25) is 0 Å². The molecule has 1 N–H and O–H groups in total. The normalized spacial score (nSPS) is 21.4. The Balaban J connectivity index is 2.10. The Morgan fingerprint density at radius 2 is 2.08 bits per heavy atom. The van der Waals surface area contributed by atoms with Crippen LogP contribution in [-0.4, -0.2) is 37.6 Å². The smallest absolute Gasteiger partial charge is 0.00884 e. The molecule has 0 radical (unpaired) electrons. The lowest BCUT2D eigenvalue weighted by Gasteiger charge is -2.31. The lowest BCUT2D eigenvalue weighted by molar-refractivity contribution is 0.205. The van der Waals surface area contributed by atoms with Gasteiger partial charge >= 0.3 is 0 Å². The van der Waals surface area contributed by atoms with Crippen LogP contribution in [0.3, 0.4) is 0 Å². The van der Waals surface area contributed by atoms with E-state index in [0.29, 0.717) is 0 Å². The molecule has 0 amide bonds. The molecule has 1 rings (SSSR count).